The first-order chi connectivity index (χ1) is 14.7. The van der Waals surface area contributed by atoms with Crippen LogP contribution in [-0.2, 0) is 27.9 Å². The lowest BCUT2D eigenvalue weighted by atomic mass is 10.1. The number of nitro groups is 1. The minimum absolute atomic E-state index is 0.0455. The number of ether oxygens (including phenoxy) is 1. The van der Waals surface area contributed by atoms with Crippen molar-refractivity contribution in [1.82, 2.24) is 4.90 Å². The zero-order valence-corrected chi connectivity index (χ0v) is 18.6. The van der Waals surface area contributed by atoms with Gasteiger partial charge in [-0.3, -0.25) is 34.2 Å². The maximum atomic E-state index is 13.1. The van der Waals surface area contributed by atoms with E-state index in [1.807, 2.05) is 0 Å². The maximum absolute atomic E-state index is 13.1. The Balaban J connectivity index is 1.84. The van der Waals surface area contributed by atoms with E-state index < -0.39 is 35.8 Å². The highest BCUT2D eigenvalue weighted by Gasteiger charge is 2.56. The van der Waals surface area contributed by atoms with E-state index in [2.05, 4.69) is 4.99 Å². The van der Waals surface area contributed by atoms with Gasteiger partial charge >= 0.3 is 13.6 Å². The maximum Gasteiger partial charge on any atom is 0.377 e. The molecule has 3 rings (SSSR count). The summed E-state index contributed by atoms with van der Waals surface area (Å²) in [7, 11) is -1.38. The number of β-lactam (4-membered cyclic amide) rings is 1. The van der Waals surface area contributed by atoms with E-state index in [1.165, 1.54) is 68.3 Å². The van der Waals surface area contributed by atoms with Crippen molar-refractivity contribution in [3.8, 4) is 0 Å². The molecule has 1 aromatic rings. The summed E-state index contributed by atoms with van der Waals surface area (Å²) in [6, 6.07) is 5.03. The number of non-ortho nitro benzene ring substituents is 1. The van der Waals surface area contributed by atoms with Crippen molar-refractivity contribution >= 4 is 43.1 Å². The number of hydrogen-bond acceptors (Lipinski definition) is 10. The fourth-order valence-electron chi connectivity index (χ4n) is 3.11. The summed E-state index contributed by atoms with van der Waals surface area (Å²) in [6.07, 6.45) is 1.47. The zero-order chi connectivity index (χ0) is 22.8. The molecule has 31 heavy (non-hydrogen) atoms. The Morgan fingerprint density at radius 3 is 2.55 bits per heavy atom. The van der Waals surface area contributed by atoms with Gasteiger partial charge < -0.3 is 13.8 Å². The number of esters is 1. The van der Waals surface area contributed by atoms with Gasteiger partial charge in [-0.05, 0) is 17.7 Å². The van der Waals surface area contributed by atoms with Crippen LogP contribution in [0.3, 0.4) is 0 Å². The number of benzene rings is 1. The number of carbonyl (C=O) groups is 2. The molecular formula is C18H20N3O8PS. The summed E-state index contributed by atoms with van der Waals surface area (Å²) in [4.78, 5) is 40.0. The zero-order valence-electron chi connectivity index (χ0n) is 16.9. The molecule has 0 saturated carbocycles. The number of thioether (sulfide) groups is 1. The van der Waals surface area contributed by atoms with E-state index in [9.17, 15) is 24.3 Å². The molecular weight excluding hydrogens is 449 g/mol. The largest absolute Gasteiger partial charge is 0.461 e. The van der Waals surface area contributed by atoms with Crippen LogP contribution < -0.4 is 0 Å². The van der Waals surface area contributed by atoms with Crippen molar-refractivity contribution in [3.63, 3.8) is 0 Å². The second kappa shape index (κ2) is 9.31. The third-order valence-corrected chi connectivity index (χ3v) is 8.00. The van der Waals surface area contributed by atoms with Gasteiger partial charge in [0.05, 0.1) is 4.92 Å². The van der Waals surface area contributed by atoms with Crippen LogP contribution in [0.4, 0.5) is 5.69 Å². The Kier molecular flexibility index (Phi) is 6.95. The fourth-order valence-corrected chi connectivity index (χ4v) is 6.13. The molecule has 2 aliphatic heterocycles. The van der Waals surface area contributed by atoms with Crippen LogP contribution in [0.5, 0.6) is 0 Å². The molecule has 1 saturated heterocycles. The summed E-state index contributed by atoms with van der Waals surface area (Å²) in [5.74, 6) is -0.568. The predicted molar refractivity (Wildman–Crippen MR) is 113 cm³/mol. The van der Waals surface area contributed by atoms with Crippen LogP contribution in [0, 0.1) is 10.1 Å². The van der Waals surface area contributed by atoms with Gasteiger partial charge in [0.2, 0.25) is 0 Å². The first-order valence-corrected chi connectivity index (χ1v) is 11.6. The van der Waals surface area contributed by atoms with Gasteiger partial charge in [0.15, 0.2) is 6.04 Å². The smallest absolute Gasteiger partial charge is 0.377 e. The average molecular weight is 469 g/mol. The standard InChI is InChI=1S/C18H20N3O8PS/c1-11(22)29-9-13-10-31-18-15(16(23)20(18)17(13)30(26,27-2)28-3)19-8-12-4-6-14(7-5-12)21(24)25/h4-8,15,18H,9-10H2,1-3H3/t15-,18-/m0/s1. The molecule has 11 nitrogen and oxygen atoms in total. The summed E-state index contributed by atoms with van der Waals surface area (Å²) in [6.45, 7) is 1.12. The molecule has 0 spiro atoms. The Labute approximate surface area is 182 Å². The van der Waals surface area contributed by atoms with Crippen LogP contribution in [0.1, 0.15) is 12.5 Å². The highest BCUT2D eigenvalue weighted by Crippen LogP contribution is 2.62. The van der Waals surface area contributed by atoms with Gasteiger partial charge in [0, 0.05) is 50.8 Å². The molecule has 0 unspecified atom stereocenters. The normalized spacial score (nSPS) is 21.1. The molecule has 2 aliphatic rings. The van der Waals surface area contributed by atoms with Gasteiger partial charge in [-0.15, -0.1) is 11.8 Å². The van der Waals surface area contributed by atoms with Crippen molar-refractivity contribution in [3.05, 3.63) is 51.0 Å². The Morgan fingerprint density at radius 2 is 2.00 bits per heavy atom. The molecule has 1 fully saturated rings. The van der Waals surface area contributed by atoms with Crippen molar-refractivity contribution < 1.29 is 32.9 Å². The minimum atomic E-state index is -3.81. The van der Waals surface area contributed by atoms with E-state index in [0.717, 1.165) is 0 Å². The monoisotopic (exact) mass is 469 g/mol. The fraction of sp³-hybridized carbons (Fsp3) is 0.389. The Hall–Kier alpha value is -2.53. The van der Waals surface area contributed by atoms with Crippen molar-refractivity contribution in [2.75, 3.05) is 26.6 Å². The van der Waals surface area contributed by atoms with E-state index >= 15 is 0 Å². The number of carbonyl (C=O) groups excluding carboxylic acids is 2. The highest BCUT2D eigenvalue weighted by molar-refractivity contribution is 8.00. The molecule has 1 aromatic carbocycles. The van der Waals surface area contributed by atoms with E-state index in [1.54, 1.807) is 0 Å². The molecule has 0 aliphatic carbocycles. The first kappa shape index (κ1) is 23.1. The highest BCUT2D eigenvalue weighted by atomic mass is 32.2. The predicted octanol–water partition coefficient (Wildman–Crippen LogP) is 2.56. The van der Waals surface area contributed by atoms with Crippen LogP contribution in [0.2, 0.25) is 0 Å². The molecule has 0 radical (unpaired) electrons. The SMILES string of the molecule is COP(=O)(OC)C1=C(COC(C)=O)CS[C@H]2[C@@H](N=Cc3ccc([N+](=O)[O-])cc3)C(=O)N12. The second-order valence-corrected chi connectivity index (χ2v) is 9.81. The van der Waals surface area contributed by atoms with Gasteiger partial charge in [-0.25, -0.2) is 0 Å². The van der Waals surface area contributed by atoms with E-state index in [4.69, 9.17) is 13.8 Å². The summed E-state index contributed by atoms with van der Waals surface area (Å²) < 4.78 is 28.4. The molecule has 0 aromatic heterocycles. The molecule has 1 amide bonds. The molecule has 0 bridgehead atoms. The summed E-state index contributed by atoms with van der Waals surface area (Å²) in [5.41, 5.74) is 1.10. The summed E-state index contributed by atoms with van der Waals surface area (Å²) >= 11 is 1.39. The van der Waals surface area contributed by atoms with Crippen LogP contribution in [0.15, 0.2) is 40.3 Å². The van der Waals surface area contributed by atoms with Crippen molar-refractivity contribution in [2.45, 2.75) is 18.3 Å². The molecule has 2 heterocycles. The number of fused-ring (bicyclic) bond motifs is 1. The third-order valence-electron chi connectivity index (χ3n) is 4.67. The molecule has 13 heteroatoms. The second-order valence-electron chi connectivity index (χ2n) is 6.55. The molecule has 0 N–H and O–H groups in total. The molecule has 166 valence electrons. The Bertz CT molecular complexity index is 1000. The van der Waals surface area contributed by atoms with E-state index in [-0.39, 0.29) is 17.7 Å². The molecule has 2 atom stereocenters. The van der Waals surface area contributed by atoms with Crippen LogP contribution >= 0.6 is 19.4 Å². The van der Waals surface area contributed by atoms with Gasteiger partial charge in [-0.2, -0.15) is 0 Å². The number of amides is 1. The third kappa shape index (κ3) is 4.57. The average Bonchev–Trinajstić information content (AvgIpc) is 2.76. The van der Waals surface area contributed by atoms with Crippen LogP contribution in [-0.4, -0.2) is 65.9 Å². The minimum Gasteiger partial charge on any atom is -0.461 e. The van der Waals surface area contributed by atoms with Crippen LogP contribution in [0.25, 0.3) is 0 Å². The van der Waals surface area contributed by atoms with Crippen molar-refractivity contribution in [1.29, 1.82) is 0 Å². The topological polar surface area (TPSA) is 138 Å². The quantitative estimate of drug-likeness (QED) is 0.140. The number of hydrogen-bond donors (Lipinski definition) is 0. The summed E-state index contributed by atoms with van der Waals surface area (Å²) in [5, 5.41) is 10.3. The number of nitro benzene ring substituents is 1. The number of nitrogens with zero attached hydrogens (tertiary/aromatic N) is 3. The van der Waals surface area contributed by atoms with Crippen molar-refractivity contribution in [2.24, 2.45) is 4.99 Å². The first-order valence-electron chi connectivity index (χ1n) is 9.01. The van der Waals surface area contributed by atoms with Gasteiger partial charge in [-0.1, -0.05) is 0 Å². The van der Waals surface area contributed by atoms with E-state index in [0.29, 0.717) is 16.9 Å². The van der Waals surface area contributed by atoms with Gasteiger partial charge in [0.25, 0.3) is 11.6 Å². The number of aliphatic imine (C=N–C) groups is 1. The lowest BCUT2D eigenvalue weighted by molar-refractivity contribution is -0.384. The lowest BCUT2D eigenvalue weighted by Gasteiger charge is -2.49. The lowest BCUT2D eigenvalue weighted by Crippen LogP contribution is -2.63. The number of rotatable bonds is 8. The van der Waals surface area contributed by atoms with Gasteiger partial charge in [0.1, 0.15) is 17.4 Å². The Morgan fingerprint density at radius 1 is 1.35 bits per heavy atom.